The molecule has 0 radical (unpaired) electrons. The molecule has 1 aromatic heterocycles. The van der Waals surface area contributed by atoms with Crippen LogP contribution in [0.4, 0.5) is 0 Å². The van der Waals surface area contributed by atoms with Crippen molar-refractivity contribution in [1.82, 2.24) is 3.97 Å². The van der Waals surface area contributed by atoms with Crippen LogP contribution in [-0.4, -0.2) is 12.4 Å². The maximum Gasteiger partial charge on any atom is 0.268 e. The van der Waals surface area contributed by atoms with Crippen molar-refractivity contribution in [3.63, 3.8) is 0 Å². The Bertz CT molecular complexity index is 940. The highest BCUT2D eigenvalue weighted by molar-refractivity contribution is 7.90. The lowest BCUT2D eigenvalue weighted by atomic mass is 9.96. The highest BCUT2D eigenvalue weighted by Crippen LogP contribution is 2.34. The standard InChI is InChI=1S/C18H17NO2S/c20-22(21,14-8-2-1-3-9-14)19-17-12-6-4-10-15(17)16-11-5-7-13-18(16)19/h1-4,6,8-10,12H,5,7,11,13H2. The first-order chi connectivity index (χ1) is 10.7. The van der Waals surface area contributed by atoms with Gasteiger partial charge in [-0.25, -0.2) is 12.4 Å². The molecule has 0 saturated heterocycles. The minimum Gasteiger partial charge on any atom is -0.238 e. The van der Waals surface area contributed by atoms with Crippen molar-refractivity contribution in [2.75, 3.05) is 0 Å². The van der Waals surface area contributed by atoms with Gasteiger partial charge in [0.05, 0.1) is 10.4 Å². The minimum absolute atomic E-state index is 0.351. The normalized spacial score (nSPS) is 14.9. The lowest BCUT2D eigenvalue weighted by Crippen LogP contribution is -2.17. The van der Waals surface area contributed by atoms with E-state index in [4.69, 9.17) is 0 Å². The summed E-state index contributed by atoms with van der Waals surface area (Å²) in [7, 11) is -3.55. The van der Waals surface area contributed by atoms with Crippen molar-refractivity contribution >= 4 is 20.9 Å². The Morgan fingerprint density at radius 1 is 0.818 bits per heavy atom. The molecule has 0 unspecified atom stereocenters. The number of benzene rings is 2. The molecule has 0 amide bonds. The van der Waals surface area contributed by atoms with Gasteiger partial charge in [-0.2, -0.15) is 0 Å². The number of rotatable bonds is 2. The van der Waals surface area contributed by atoms with E-state index in [1.54, 1.807) is 28.2 Å². The molecule has 22 heavy (non-hydrogen) atoms. The van der Waals surface area contributed by atoms with E-state index in [9.17, 15) is 8.42 Å². The van der Waals surface area contributed by atoms with Gasteiger partial charge in [-0.3, -0.25) is 0 Å². The average molecular weight is 311 g/mol. The summed E-state index contributed by atoms with van der Waals surface area (Å²) in [6.07, 6.45) is 3.98. The second-order valence-corrected chi connectivity index (χ2v) is 7.52. The first-order valence-electron chi connectivity index (χ1n) is 7.61. The maximum atomic E-state index is 13.1. The van der Waals surface area contributed by atoms with Gasteiger partial charge in [0, 0.05) is 11.1 Å². The molecule has 4 rings (SSSR count). The number of para-hydroxylation sites is 1. The van der Waals surface area contributed by atoms with Crippen molar-refractivity contribution in [3.8, 4) is 0 Å². The van der Waals surface area contributed by atoms with Crippen LogP contribution in [0, 0.1) is 0 Å². The van der Waals surface area contributed by atoms with E-state index < -0.39 is 10.0 Å². The van der Waals surface area contributed by atoms with Crippen LogP contribution in [0.2, 0.25) is 0 Å². The van der Waals surface area contributed by atoms with Gasteiger partial charge in [-0.1, -0.05) is 36.4 Å². The molecule has 0 atom stereocenters. The Balaban J connectivity index is 2.07. The first-order valence-corrected chi connectivity index (χ1v) is 9.05. The molecule has 0 fully saturated rings. The molecule has 4 heteroatoms. The fourth-order valence-electron chi connectivity index (χ4n) is 3.43. The van der Waals surface area contributed by atoms with E-state index in [0.717, 1.165) is 42.3 Å². The van der Waals surface area contributed by atoms with E-state index >= 15 is 0 Å². The van der Waals surface area contributed by atoms with Crippen LogP contribution in [0.1, 0.15) is 24.1 Å². The van der Waals surface area contributed by atoms with E-state index in [1.165, 1.54) is 5.56 Å². The molecule has 0 N–H and O–H groups in total. The average Bonchev–Trinajstić information content (AvgIpc) is 2.91. The Labute approximate surface area is 130 Å². The third kappa shape index (κ3) is 1.91. The highest BCUT2D eigenvalue weighted by Gasteiger charge is 2.27. The topological polar surface area (TPSA) is 39.1 Å². The van der Waals surface area contributed by atoms with Crippen LogP contribution in [-0.2, 0) is 22.9 Å². The molecule has 0 saturated carbocycles. The van der Waals surface area contributed by atoms with Crippen molar-refractivity contribution in [3.05, 3.63) is 65.9 Å². The van der Waals surface area contributed by atoms with Crippen LogP contribution < -0.4 is 0 Å². The van der Waals surface area contributed by atoms with Crippen LogP contribution in [0.5, 0.6) is 0 Å². The molecule has 3 aromatic rings. The second kappa shape index (κ2) is 4.99. The summed E-state index contributed by atoms with van der Waals surface area (Å²) in [5.74, 6) is 0. The van der Waals surface area contributed by atoms with Gasteiger partial charge in [0.2, 0.25) is 0 Å². The van der Waals surface area contributed by atoms with E-state index in [0.29, 0.717) is 4.90 Å². The quantitative estimate of drug-likeness (QED) is 0.723. The predicted octanol–water partition coefficient (Wildman–Crippen LogP) is 3.76. The van der Waals surface area contributed by atoms with Gasteiger partial charge in [-0.15, -0.1) is 0 Å². The molecule has 1 aliphatic rings. The largest absolute Gasteiger partial charge is 0.268 e. The smallest absolute Gasteiger partial charge is 0.238 e. The fourth-order valence-corrected chi connectivity index (χ4v) is 5.05. The molecule has 2 aromatic carbocycles. The van der Waals surface area contributed by atoms with Crippen molar-refractivity contribution in [1.29, 1.82) is 0 Å². The van der Waals surface area contributed by atoms with E-state index in [1.807, 2.05) is 30.3 Å². The van der Waals surface area contributed by atoms with Gasteiger partial charge in [-0.05, 0) is 49.4 Å². The van der Waals surface area contributed by atoms with Gasteiger partial charge in [0.25, 0.3) is 10.0 Å². The summed E-state index contributed by atoms with van der Waals surface area (Å²) in [5.41, 5.74) is 2.98. The zero-order valence-corrected chi connectivity index (χ0v) is 13.0. The molecule has 0 bridgehead atoms. The number of aromatic nitrogens is 1. The van der Waals surface area contributed by atoms with Crippen molar-refractivity contribution < 1.29 is 8.42 Å². The predicted molar refractivity (Wildman–Crippen MR) is 87.6 cm³/mol. The summed E-state index contributed by atoms with van der Waals surface area (Å²) in [5, 5.41) is 1.08. The van der Waals surface area contributed by atoms with Crippen LogP contribution in [0.15, 0.2) is 59.5 Å². The van der Waals surface area contributed by atoms with Crippen molar-refractivity contribution in [2.45, 2.75) is 30.6 Å². The number of hydrogen-bond donors (Lipinski definition) is 0. The SMILES string of the molecule is O=S(=O)(c1ccccc1)n1c2c(c3ccccc31)CCCC2. The molecule has 112 valence electrons. The summed E-state index contributed by atoms with van der Waals surface area (Å²) in [4.78, 5) is 0.351. The Kier molecular flexibility index (Phi) is 3.08. The van der Waals surface area contributed by atoms with Gasteiger partial charge < -0.3 is 0 Å². The third-order valence-corrected chi connectivity index (χ3v) is 6.18. The molecule has 1 aliphatic carbocycles. The zero-order valence-electron chi connectivity index (χ0n) is 12.2. The summed E-state index contributed by atoms with van der Waals surface area (Å²) >= 11 is 0. The monoisotopic (exact) mass is 311 g/mol. The van der Waals surface area contributed by atoms with Crippen molar-refractivity contribution in [2.24, 2.45) is 0 Å². The molecule has 0 aliphatic heterocycles. The Hall–Kier alpha value is -2.07. The zero-order chi connectivity index (χ0) is 15.2. The van der Waals surface area contributed by atoms with Crippen LogP contribution in [0.25, 0.3) is 10.9 Å². The maximum absolute atomic E-state index is 13.1. The van der Waals surface area contributed by atoms with Gasteiger partial charge >= 0.3 is 0 Å². The fraction of sp³-hybridized carbons (Fsp3) is 0.222. The number of nitrogens with zero attached hydrogens (tertiary/aromatic N) is 1. The highest BCUT2D eigenvalue weighted by atomic mass is 32.2. The molecule has 1 heterocycles. The number of aryl methyl sites for hydroxylation is 1. The van der Waals surface area contributed by atoms with Crippen LogP contribution in [0.3, 0.4) is 0 Å². The minimum atomic E-state index is -3.55. The number of fused-ring (bicyclic) bond motifs is 3. The third-order valence-electron chi connectivity index (χ3n) is 4.41. The van der Waals surface area contributed by atoms with Gasteiger partial charge in [0.15, 0.2) is 0 Å². The summed E-state index contributed by atoms with van der Waals surface area (Å²) in [6, 6.07) is 16.5. The van der Waals surface area contributed by atoms with Crippen LogP contribution >= 0.6 is 0 Å². The number of hydrogen-bond acceptors (Lipinski definition) is 2. The second-order valence-electron chi connectivity index (χ2n) is 5.73. The Morgan fingerprint density at radius 2 is 1.50 bits per heavy atom. The molecule has 3 nitrogen and oxygen atoms in total. The van der Waals surface area contributed by atoms with E-state index in [2.05, 4.69) is 0 Å². The van der Waals surface area contributed by atoms with Gasteiger partial charge in [0.1, 0.15) is 0 Å². The summed E-state index contributed by atoms with van der Waals surface area (Å²) < 4.78 is 27.9. The molecular weight excluding hydrogens is 294 g/mol. The first kappa shape index (κ1) is 13.6. The molecule has 0 spiro atoms. The lowest BCUT2D eigenvalue weighted by molar-refractivity contribution is 0.582. The lowest BCUT2D eigenvalue weighted by Gasteiger charge is -2.16. The van der Waals surface area contributed by atoms with E-state index in [-0.39, 0.29) is 0 Å². The Morgan fingerprint density at radius 3 is 2.32 bits per heavy atom. The molecular formula is C18H17NO2S. The summed E-state index contributed by atoms with van der Waals surface area (Å²) in [6.45, 7) is 0.